The van der Waals surface area contributed by atoms with Crippen molar-refractivity contribution in [2.24, 2.45) is 7.05 Å². The van der Waals surface area contributed by atoms with Crippen molar-refractivity contribution < 1.29 is 4.74 Å². The van der Waals surface area contributed by atoms with Gasteiger partial charge in [-0.25, -0.2) is 0 Å². The predicted molar refractivity (Wildman–Crippen MR) is 81.9 cm³/mol. The fraction of sp³-hybridized carbons (Fsp3) is 0.438. The molecule has 1 aliphatic heterocycles. The maximum absolute atomic E-state index is 11.9. The average molecular weight is 272 g/mol. The Morgan fingerprint density at radius 2 is 2.10 bits per heavy atom. The molecule has 1 aromatic carbocycles. The minimum Gasteiger partial charge on any atom is -0.490 e. The largest absolute Gasteiger partial charge is 0.490 e. The van der Waals surface area contributed by atoms with Crippen molar-refractivity contribution in [3.05, 3.63) is 34.1 Å². The van der Waals surface area contributed by atoms with Gasteiger partial charge in [0.25, 0.3) is 5.56 Å². The van der Waals surface area contributed by atoms with Gasteiger partial charge < -0.3 is 14.2 Å². The van der Waals surface area contributed by atoms with Gasteiger partial charge in [0.05, 0.1) is 17.7 Å². The topological polar surface area (TPSA) is 34.5 Å². The highest BCUT2D eigenvalue weighted by Gasteiger charge is 2.19. The average Bonchev–Trinajstić information content (AvgIpc) is 2.44. The van der Waals surface area contributed by atoms with Crippen LogP contribution in [0.25, 0.3) is 10.9 Å². The van der Waals surface area contributed by atoms with Crippen LogP contribution in [0.15, 0.2) is 23.0 Å². The second-order valence-electron chi connectivity index (χ2n) is 5.40. The van der Waals surface area contributed by atoms with Crippen LogP contribution >= 0.6 is 0 Å². The fourth-order valence-corrected chi connectivity index (χ4v) is 2.88. The van der Waals surface area contributed by atoms with Gasteiger partial charge in [-0.3, -0.25) is 4.79 Å². The van der Waals surface area contributed by atoms with Gasteiger partial charge in [-0.15, -0.1) is 0 Å². The molecule has 2 heterocycles. The summed E-state index contributed by atoms with van der Waals surface area (Å²) in [6.45, 7) is 6.80. The van der Waals surface area contributed by atoms with E-state index in [1.807, 2.05) is 14.0 Å². The summed E-state index contributed by atoms with van der Waals surface area (Å²) in [4.78, 5) is 14.3. The van der Waals surface area contributed by atoms with Crippen LogP contribution in [-0.4, -0.2) is 24.3 Å². The molecule has 4 nitrogen and oxygen atoms in total. The van der Waals surface area contributed by atoms with E-state index in [2.05, 4.69) is 24.0 Å². The molecule has 0 bridgehead atoms. The van der Waals surface area contributed by atoms with Gasteiger partial charge in [0.2, 0.25) is 0 Å². The fourth-order valence-electron chi connectivity index (χ4n) is 2.88. The van der Waals surface area contributed by atoms with Gasteiger partial charge in [-0.05, 0) is 31.0 Å². The van der Waals surface area contributed by atoms with E-state index in [1.54, 1.807) is 10.6 Å². The van der Waals surface area contributed by atoms with Gasteiger partial charge in [0, 0.05) is 25.0 Å². The Kier molecular flexibility index (Phi) is 3.16. The number of nitrogens with zero attached hydrogens (tertiary/aromatic N) is 2. The smallest absolute Gasteiger partial charge is 0.251 e. The summed E-state index contributed by atoms with van der Waals surface area (Å²) < 4.78 is 7.51. The van der Waals surface area contributed by atoms with Crippen molar-refractivity contribution >= 4 is 16.6 Å². The summed E-state index contributed by atoms with van der Waals surface area (Å²) in [6.07, 6.45) is 1.10. The first-order valence-electron chi connectivity index (χ1n) is 7.14. The molecular formula is C16H20N2O2. The van der Waals surface area contributed by atoms with Gasteiger partial charge in [-0.1, -0.05) is 6.92 Å². The highest BCUT2D eigenvalue weighted by molar-refractivity contribution is 5.89. The molecule has 0 aliphatic carbocycles. The van der Waals surface area contributed by atoms with Gasteiger partial charge >= 0.3 is 0 Å². The Hall–Kier alpha value is -1.97. The molecule has 0 atom stereocenters. The normalized spacial score (nSPS) is 14.2. The van der Waals surface area contributed by atoms with Crippen LogP contribution in [0.2, 0.25) is 0 Å². The molecule has 0 N–H and O–H groups in total. The lowest BCUT2D eigenvalue weighted by Crippen LogP contribution is -2.33. The first-order chi connectivity index (χ1) is 9.61. The molecule has 0 radical (unpaired) electrons. The Morgan fingerprint density at radius 1 is 1.30 bits per heavy atom. The van der Waals surface area contributed by atoms with Crippen LogP contribution in [0, 0.1) is 6.92 Å². The van der Waals surface area contributed by atoms with Crippen molar-refractivity contribution in [3.63, 3.8) is 0 Å². The highest BCUT2D eigenvalue weighted by Crippen LogP contribution is 2.36. The molecule has 1 aromatic heterocycles. The first kappa shape index (κ1) is 13.0. The number of pyridine rings is 1. The molecule has 0 saturated carbocycles. The molecule has 0 fully saturated rings. The molecule has 4 heteroatoms. The number of benzene rings is 1. The monoisotopic (exact) mass is 272 g/mol. The van der Waals surface area contributed by atoms with Crippen molar-refractivity contribution in [1.82, 2.24) is 4.57 Å². The third-order valence-electron chi connectivity index (χ3n) is 3.99. The van der Waals surface area contributed by atoms with Crippen molar-refractivity contribution in [1.29, 1.82) is 0 Å². The summed E-state index contributed by atoms with van der Waals surface area (Å²) in [7, 11) is 1.82. The third-order valence-corrected chi connectivity index (χ3v) is 3.99. The second-order valence-corrected chi connectivity index (χ2v) is 5.40. The summed E-state index contributed by atoms with van der Waals surface area (Å²) in [5.74, 6) is 0.930. The molecule has 0 spiro atoms. The van der Waals surface area contributed by atoms with E-state index in [9.17, 15) is 4.79 Å². The summed E-state index contributed by atoms with van der Waals surface area (Å²) in [6, 6.07) is 5.84. The summed E-state index contributed by atoms with van der Waals surface area (Å²) in [5.41, 5.74) is 3.11. The quantitative estimate of drug-likeness (QED) is 0.842. The number of aromatic nitrogens is 1. The predicted octanol–water partition coefficient (Wildman–Crippen LogP) is 2.46. The second kappa shape index (κ2) is 4.85. The van der Waals surface area contributed by atoms with Crippen molar-refractivity contribution in [2.45, 2.75) is 20.3 Å². The third kappa shape index (κ3) is 1.96. The Labute approximate surface area is 118 Å². The first-order valence-corrected chi connectivity index (χ1v) is 7.14. The number of fused-ring (bicyclic) bond motifs is 2. The zero-order chi connectivity index (χ0) is 14.3. The van der Waals surface area contributed by atoms with E-state index in [-0.39, 0.29) is 5.56 Å². The zero-order valence-electron chi connectivity index (χ0n) is 12.3. The number of ether oxygens (including phenoxy) is 1. The molecule has 0 saturated heterocycles. The van der Waals surface area contributed by atoms with Crippen LogP contribution in [0.4, 0.5) is 5.69 Å². The molecule has 2 aromatic rings. The Bertz CT molecular complexity index is 718. The van der Waals surface area contributed by atoms with E-state index in [1.165, 1.54) is 0 Å². The van der Waals surface area contributed by atoms with Gasteiger partial charge in [0.15, 0.2) is 0 Å². The highest BCUT2D eigenvalue weighted by atomic mass is 16.5. The zero-order valence-corrected chi connectivity index (χ0v) is 12.3. The minimum absolute atomic E-state index is 0.0359. The summed E-state index contributed by atoms with van der Waals surface area (Å²) >= 11 is 0. The maximum Gasteiger partial charge on any atom is 0.251 e. The molecule has 0 unspecified atom stereocenters. The van der Waals surface area contributed by atoms with E-state index in [0.29, 0.717) is 0 Å². The number of aryl methyl sites for hydroxylation is 2. The lowest BCUT2D eigenvalue weighted by Gasteiger charge is -2.31. The summed E-state index contributed by atoms with van der Waals surface area (Å²) in [5, 5.41) is 1.09. The van der Waals surface area contributed by atoms with E-state index in [0.717, 1.165) is 54.0 Å². The van der Waals surface area contributed by atoms with E-state index in [4.69, 9.17) is 4.74 Å². The molecule has 1 aliphatic rings. The molecule has 0 amide bonds. The number of rotatable bonds is 2. The van der Waals surface area contributed by atoms with Crippen LogP contribution in [0.1, 0.15) is 18.9 Å². The van der Waals surface area contributed by atoms with E-state index >= 15 is 0 Å². The molecule has 3 rings (SSSR count). The van der Waals surface area contributed by atoms with Crippen molar-refractivity contribution in [3.8, 4) is 5.75 Å². The van der Waals surface area contributed by atoms with Crippen LogP contribution in [0.3, 0.4) is 0 Å². The maximum atomic E-state index is 11.9. The van der Waals surface area contributed by atoms with Crippen LogP contribution in [0.5, 0.6) is 5.75 Å². The number of hydrogen-bond acceptors (Lipinski definition) is 3. The van der Waals surface area contributed by atoms with Crippen molar-refractivity contribution in [2.75, 3.05) is 24.6 Å². The van der Waals surface area contributed by atoms with Gasteiger partial charge in [0.1, 0.15) is 12.4 Å². The van der Waals surface area contributed by atoms with E-state index < -0.39 is 0 Å². The van der Waals surface area contributed by atoms with Gasteiger partial charge in [-0.2, -0.15) is 0 Å². The Morgan fingerprint density at radius 3 is 2.85 bits per heavy atom. The molecule has 106 valence electrons. The standard InChI is InChI=1S/C16H20N2O2/c1-4-5-18-6-7-20-15-9-12-11(2)8-16(19)17(3)13(12)10-14(15)18/h8-10H,4-7H2,1-3H3. The van der Waals surface area contributed by atoms with Crippen LogP contribution < -0.4 is 15.2 Å². The number of hydrogen-bond donors (Lipinski definition) is 0. The lowest BCUT2D eigenvalue weighted by atomic mass is 10.1. The lowest BCUT2D eigenvalue weighted by molar-refractivity contribution is 0.308. The molecule has 20 heavy (non-hydrogen) atoms. The SMILES string of the molecule is CCCN1CCOc2cc3c(C)cc(=O)n(C)c3cc21. The Balaban J connectivity index is 2.27. The van der Waals surface area contributed by atoms with Crippen LogP contribution in [-0.2, 0) is 7.05 Å². The minimum atomic E-state index is 0.0359. The number of anilines is 1. The molecular weight excluding hydrogens is 252 g/mol.